The molecule has 0 heterocycles. The van der Waals surface area contributed by atoms with Crippen molar-refractivity contribution in [2.75, 3.05) is 23.7 Å². The Morgan fingerprint density at radius 2 is 1.75 bits per heavy atom. The first-order chi connectivity index (χ1) is 9.51. The second-order valence-corrected chi connectivity index (χ2v) is 4.53. The molecular formula is C15H23N3O2. The van der Waals surface area contributed by atoms with Gasteiger partial charge >= 0.3 is 6.03 Å². The number of carbonyl (C=O) groups excluding carboxylic acids is 2. The van der Waals surface area contributed by atoms with Crippen molar-refractivity contribution in [1.29, 1.82) is 0 Å². The minimum Gasteiger partial charge on any atom is -0.326 e. The zero-order valence-corrected chi connectivity index (χ0v) is 12.6. The van der Waals surface area contributed by atoms with E-state index < -0.39 is 0 Å². The van der Waals surface area contributed by atoms with E-state index in [1.165, 1.54) is 0 Å². The van der Waals surface area contributed by atoms with Gasteiger partial charge in [-0.15, -0.1) is 0 Å². The smallest absolute Gasteiger partial charge is 0.321 e. The van der Waals surface area contributed by atoms with Crippen LogP contribution in [0.5, 0.6) is 0 Å². The van der Waals surface area contributed by atoms with Crippen LogP contribution in [-0.2, 0) is 4.79 Å². The fourth-order valence-electron chi connectivity index (χ4n) is 1.79. The minimum absolute atomic E-state index is 0.0464. The van der Waals surface area contributed by atoms with E-state index in [1.807, 2.05) is 32.9 Å². The molecule has 1 rings (SSSR count). The lowest BCUT2D eigenvalue weighted by atomic mass is 10.1. The molecule has 0 aliphatic heterocycles. The van der Waals surface area contributed by atoms with E-state index >= 15 is 0 Å². The van der Waals surface area contributed by atoms with Gasteiger partial charge in [0.1, 0.15) is 0 Å². The first kappa shape index (κ1) is 16.0. The molecule has 1 aromatic carbocycles. The van der Waals surface area contributed by atoms with Gasteiger partial charge in [-0.1, -0.05) is 13.0 Å². The fraction of sp³-hybridized carbons (Fsp3) is 0.467. The topological polar surface area (TPSA) is 61.4 Å². The summed E-state index contributed by atoms with van der Waals surface area (Å²) >= 11 is 0. The van der Waals surface area contributed by atoms with Gasteiger partial charge in [0.25, 0.3) is 0 Å². The van der Waals surface area contributed by atoms with Crippen molar-refractivity contribution in [3.63, 3.8) is 0 Å². The third kappa shape index (κ3) is 4.26. The number of rotatable bonds is 5. The third-order valence-electron chi connectivity index (χ3n) is 3.13. The Morgan fingerprint density at radius 1 is 1.10 bits per heavy atom. The average molecular weight is 277 g/mol. The lowest BCUT2D eigenvalue weighted by molar-refractivity contribution is -0.115. The molecule has 0 spiro atoms. The summed E-state index contributed by atoms with van der Waals surface area (Å²) in [7, 11) is 0. The van der Waals surface area contributed by atoms with Gasteiger partial charge in [0.2, 0.25) is 5.91 Å². The maximum atomic E-state index is 12.0. The molecule has 0 bridgehead atoms. The zero-order valence-electron chi connectivity index (χ0n) is 12.6. The van der Waals surface area contributed by atoms with Crippen LogP contribution in [0.4, 0.5) is 16.2 Å². The normalized spacial score (nSPS) is 10.0. The highest BCUT2D eigenvalue weighted by molar-refractivity contribution is 5.94. The molecule has 0 aromatic heterocycles. The van der Waals surface area contributed by atoms with E-state index in [0.717, 1.165) is 11.3 Å². The summed E-state index contributed by atoms with van der Waals surface area (Å²) in [6.45, 7) is 8.92. The van der Waals surface area contributed by atoms with E-state index in [0.29, 0.717) is 25.2 Å². The monoisotopic (exact) mass is 277 g/mol. The van der Waals surface area contributed by atoms with Gasteiger partial charge in [-0.3, -0.25) is 4.79 Å². The Hall–Kier alpha value is -2.04. The molecule has 0 saturated carbocycles. The van der Waals surface area contributed by atoms with Crippen molar-refractivity contribution in [2.24, 2.45) is 0 Å². The van der Waals surface area contributed by atoms with Gasteiger partial charge in [0.05, 0.1) is 0 Å². The third-order valence-corrected chi connectivity index (χ3v) is 3.13. The molecule has 0 unspecified atom stereocenters. The highest BCUT2D eigenvalue weighted by Crippen LogP contribution is 2.21. The van der Waals surface area contributed by atoms with Crippen molar-refractivity contribution < 1.29 is 9.59 Å². The number of amides is 3. The standard InChI is InChI=1S/C15H23N3O2/c1-5-14(19)16-12-9-8-11(4)13(10-12)17-15(20)18(6-2)7-3/h8-10H,5-7H2,1-4H3,(H,16,19)(H,17,20). The predicted octanol–water partition coefficient (Wildman–Crippen LogP) is 3.22. The Morgan fingerprint density at radius 3 is 2.30 bits per heavy atom. The van der Waals surface area contributed by atoms with E-state index in [-0.39, 0.29) is 11.9 Å². The molecule has 1 aromatic rings. The summed E-state index contributed by atoms with van der Waals surface area (Å²) in [4.78, 5) is 25.1. The van der Waals surface area contributed by atoms with Crippen LogP contribution < -0.4 is 10.6 Å². The number of anilines is 2. The highest BCUT2D eigenvalue weighted by Gasteiger charge is 2.11. The Bertz CT molecular complexity index is 482. The average Bonchev–Trinajstić information content (AvgIpc) is 2.43. The largest absolute Gasteiger partial charge is 0.326 e. The maximum absolute atomic E-state index is 12.0. The second-order valence-electron chi connectivity index (χ2n) is 4.53. The van der Waals surface area contributed by atoms with Gasteiger partial charge in [0, 0.05) is 30.9 Å². The van der Waals surface area contributed by atoms with Crippen LogP contribution in [0.25, 0.3) is 0 Å². The highest BCUT2D eigenvalue weighted by atomic mass is 16.2. The number of hydrogen-bond donors (Lipinski definition) is 2. The zero-order chi connectivity index (χ0) is 15.1. The Labute approximate surface area is 120 Å². The molecule has 3 amide bonds. The van der Waals surface area contributed by atoms with E-state index in [9.17, 15) is 9.59 Å². The van der Waals surface area contributed by atoms with Crippen LogP contribution >= 0.6 is 0 Å². The molecule has 20 heavy (non-hydrogen) atoms. The molecule has 110 valence electrons. The summed E-state index contributed by atoms with van der Waals surface area (Å²) in [6, 6.07) is 5.36. The second kappa shape index (κ2) is 7.53. The van der Waals surface area contributed by atoms with Crippen molar-refractivity contribution in [3.8, 4) is 0 Å². The van der Waals surface area contributed by atoms with Crippen LogP contribution in [-0.4, -0.2) is 29.9 Å². The van der Waals surface area contributed by atoms with Crippen LogP contribution in [0, 0.1) is 6.92 Å². The van der Waals surface area contributed by atoms with Gasteiger partial charge in [-0.05, 0) is 38.5 Å². The Balaban J connectivity index is 2.86. The fourth-order valence-corrected chi connectivity index (χ4v) is 1.79. The molecule has 2 N–H and O–H groups in total. The van der Waals surface area contributed by atoms with Crippen LogP contribution in [0.15, 0.2) is 18.2 Å². The summed E-state index contributed by atoms with van der Waals surface area (Å²) in [5, 5.41) is 5.67. The predicted molar refractivity (Wildman–Crippen MR) is 82.0 cm³/mol. The summed E-state index contributed by atoms with van der Waals surface area (Å²) < 4.78 is 0. The number of nitrogens with one attached hydrogen (secondary N) is 2. The lowest BCUT2D eigenvalue weighted by Gasteiger charge is -2.20. The van der Waals surface area contributed by atoms with Gasteiger partial charge in [-0.2, -0.15) is 0 Å². The van der Waals surface area contributed by atoms with E-state index in [4.69, 9.17) is 0 Å². The van der Waals surface area contributed by atoms with Crippen LogP contribution in [0.3, 0.4) is 0 Å². The molecule has 0 fully saturated rings. The van der Waals surface area contributed by atoms with Gasteiger partial charge < -0.3 is 15.5 Å². The Kier molecular flexibility index (Phi) is 6.03. The van der Waals surface area contributed by atoms with E-state index in [1.54, 1.807) is 17.9 Å². The molecule has 0 atom stereocenters. The van der Waals surface area contributed by atoms with Crippen molar-refractivity contribution >= 4 is 23.3 Å². The van der Waals surface area contributed by atoms with Crippen LogP contribution in [0.2, 0.25) is 0 Å². The van der Waals surface area contributed by atoms with Crippen molar-refractivity contribution in [3.05, 3.63) is 23.8 Å². The molecule has 0 aliphatic rings. The number of benzene rings is 1. The quantitative estimate of drug-likeness (QED) is 0.868. The SMILES string of the molecule is CCC(=O)Nc1ccc(C)c(NC(=O)N(CC)CC)c1. The number of hydrogen-bond acceptors (Lipinski definition) is 2. The van der Waals surface area contributed by atoms with Gasteiger partial charge in [0.15, 0.2) is 0 Å². The van der Waals surface area contributed by atoms with Crippen molar-refractivity contribution in [1.82, 2.24) is 4.90 Å². The lowest BCUT2D eigenvalue weighted by Crippen LogP contribution is -2.34. The summed E-state index contributed by atoms with van der Waals surface area (Å²) in [5.41, 5.74) is 2.37. The molecule has 5 nitrogen and oxygen atoms in total. The molecule has 0 radical (unpaired) electrons. The van der Waals surface area contributed by atoms with Gasteiger partial charge in [-0.25, -0.2) is 4.79 Å². The molecular weight excluding hydrogens is 254 g/mol. The molecule has 0 saturated heterocycles. The van der Waals surface area contributed by atoms with Crippen molar-refractivity contribution in [2.45, 2.75) is 34.1 Å². The van der Waals surface area contributed by atoms with E-state index in [2.05, 4.69) is 10.6 Å². The summed E-state index contributed by atoms with van der Waals surface area (Å²) in [6.07, 6.45) is 0.426. The first-order valence-electron chi connectivity index (χ1n) is 6.98. The number of urea groups is 1. The number of carbonyl (C=O) groups is 2. The minimum atomic E-state index is -0.128. The number of aryl methyl sites for hydroxylation is 1. The first-order valence-corrected chi connectivity index (χ1v) is 6.98. The van der Waals surface area contributed by atoms with Crippen LogP contribution in [0.1, 0.15) is 32.8 Å². The number of nitrogens with zero attached hydrogens (tertiary/aromatic N) is 1. The summed E-state index contributed by atoms with van der Waals surface area (Å²) in [5.74, 6) is -0.0464. The maximum Gasteiger partial charge on any atom is 0.321 e. The molecule has 5 heteroatoms. The molecule has 0 aliphatic carbocycles.